The average molecular weight is 439 g/mol. The number of hydrogen-bond acceptors (Lipinski definition) is 6. The molecular weight excluding hydrogens is 400 g/mol. The van der Waals surface area contributed by atoms with E-state index in [0.717, 1.165) is 75.7 Å². The highest BCUT2D eigenvalue weighted by molar-refractivity contribution is 5.68. The van der Waals surface area contributed by atoms with E-state index in [1.54, 1.807) is 0 Å². The summed E-state index contributed by atoms with van der Waals surface area (Å²) in [7, 11) is 0. The van der Waals surface area contributed by atoms with Gasteiger partial charge < -0.3 is 25.3 Å². The predicted molar refractivity (Wildman–Crippen MR) is 130 cm³/mol. The van der Waals surface area contributed by atoms with Crippen LogP contribution in [-0.4, -0.2) is 79.9 Å². The van der Waals surface area contributed by atoms with E-state index in [9.17, 15) is 0 Å². The van der Waals surface area contributed by atoms with Crippen molar-refractivity contribution in [1.29, 1.82) is 0 Å². The number of nitrogens with one attached hydrogen (secondary N) is 1. The summed E-state index contributed by atoms with van der Waals surface area (Å²) in [4.78, 5) is 15.9. The van der Waals surface area contributed by atoms with E-state index in [2.05, 4.69) is 43.9 Å². The molecule has 2 aromatic rings. The van der Waals surface area contributed by atoms with Gasteiger partial charge in [-0.3, -0.25) is 4.90 Å². The number of ether oxygens (including phenoxy) is 1. The summed E-state index contributed by atoms with van der Waals surface area (Å²) in [5.74, 6) is 3.04. The Kier molecular flexibility index (Phi) is 6.95. The number of nitrogens with zero attached hydrogens (tertiary/aromatic N) is 4. The summed E-state index contributed by atoms with van der Waals surface area (Å²) in [6.45, 7) is 8.90. The lowest BCUT2D eigenvalue weighted by atomic mass is 9.84. The molecular formula is C25H38N6O. The number of nitrogens with two attached hydrogens (primary N) is 1. The lowest BCUT2D eigenvalue weighted by Crippen LogP contribution is -2.47. The van der Waals surface area contributed by atoms with Gasteiger partial charge in [-0.15, -0.1) is 0 Å². The summed E-state index contributed by atoms with van der Waals surface area (Å²) in [6, 6.07) is 9.11. The molecule has 0 aromatic carbocycles. The highest BCUT2D eigenvalue weighted by Crippen LogP contribution is 2.29. The molecule has 0 unspecified atom stereocenters. The second-order valence-electron chi connectivity index (χ2n) is 9.65. The third-order valence-corrected chi connectivity index (χ3v) is 7.48. The number of pyridine rings is 1. The van der Waals surface area contributed by atoms with Crippen molar-refractivity contribution < 1.29 is 4.74 Å². The zero-order chi connectivity index (χ0) is 21.8. The molecule has 7 nitrogen and oxygen atoms in total. The minimum atomic E-state index is 0.450. The van der Waals surface area contributed by atoms with Crippen molar-refractivity contribution in [1.82, 2.24) is 14.9 Å². The van der Waals surface area contributed by atoms with E-state index in [0.29, 0.717) is 6.04 Å². The minimum absolute atomic E-state index is 0.450. The van der Waals surface area contributed by atoms with Crippen molar-refractivity contribution in [3.63, 3.8) is 0 Å². The first-order valence-electron chi connectivity index (χ1n) is 12.5. The smallest absolute Gasteiger partial charge is 0.131 e. The first-order valence-corrected chi connectivity index (χ1v) is 12.5. The molecule has 4 heterocycles. The van der Waals surface area contributed by atoms with Gasteiger partial charge in [0.1, 0.15) is 11.6 Å². The van der Waals surface area contributed by atoms with Gasteiger partial charge in [-0.1, -0.05) is 0 Å². The van der Waals surface area contributed by atoms with Crippen LogP contribution in [0.3, 0.4) is 0 Å². The van der Waals surface area contributed by atoms with Crippen LogP contribution in [-0.2, 0) is 4.74 Å². The van der Waals surface area contributed by atoms with Crippen LogP contribution in [0, 0.1) is 5.92 Å². The maximum atomic E-state index is 6.07. The molecule has 1 aliphatic carbocycles. The third-order valence-electron chi connectivity index (χ3n) is 7.48. The number of aromatic amines is 1. The molecule has 0 bridgehead atoms. The third kappa shape index (κ3) is 5.27. The molecule has 0 radical (unpaired) electrons. The Bertz CT molecular complexity index is 834. The minimum Gasteiger partial charge on any atom is -0.378 e. The Morgan fingerprint density at radius 3 is 2.28 bits per heavy atom. The van der Waals surface area contributed by atoms with Crippen molar-refractivity contribution in [3.8, 4) is 11.3 Å². The summed E-state index contributed by atoms with van der Waals surface area (Å²) in [5, 5.41) is 0. The van der Waals surface area contributed by atoms with Gasteiger partial charge in [0.25, 0.3) is 0 Å². The van der Waals surface area contributed by atoms with Crippen LogP contribution in [0.2, 0.25) is 0 Å². The number of H-pyrrole nitrogens is 1. The van der Waals surface area contributed by atoms with E-state index in [1.165, 1.54) is 44.2 Å². The fourth-order valence-corrected chi connectivity index (χ4v) is 5.33. The van der Waals surface area contributed by atoms with Crippen molar-refractivity contribution in [3.05, 3.63) is 30.5 Å². The lowest BCUT2D eigenvalue weighted by Gasteiger charge is -2.37. The SMILES string of the molecule is N[C@H]1CC[C@H](CCN2CCN(c3cc(-c4ccc[nH]4)cc(N4CCOCC4)n3)CC2)CC1. The molecule has 0 spiro atoms. The van der Waals surface area contributed by atoms with Crippen LogP contribution in [0.1, 0.15) is 32.1 Å². The van der Waals surface area contributed by atoms with Crippen molar-refractivity contribution in [2.75, 3.05) is 68.8 Å². The largest absolute Gasteiger partial charge is 0.378 e. The van der Waals surface area contributed by atoms with Crippen LogP contribution in [0.4, 0.5) is 11.6 Å². The second-order valence-corrected chi connectivity index (χ2v) is 9.65. The Hall–Kier alpha value is -2.09. The molecule has 174 valence electrons. The van der Waals surface area contributed by atoms with Gasteiger partial charge in [0.05, 0.1) is 13.2 Å². The molecule has 0 amide bonds. The number of rotatable bonds is 6. The predicted octanol–water partition coefficient (Wildman–Crippen LogP) is 2.94. The molecule has 1 saturated carbocycles. The average Bonchev–Trinajstić information content (AvgIpc) is 3.40. The van der Waals surface area contributed by atoms with Gasteiger partial charge in [-0.05, 0) is 68.8 Å². The molecule has 3 fully saturated rings. The van der Waals surface area contributed by atoms with Crippen LogP contribution < -0.4 is 15.5 Å². The fourth-order valence-electron chi connectivity index (χ4n) is 5.33. The van der Waals surface area contributed by atoms with Crippen LogP contribution >= 0.6 is 0 Å². The molecule has 5 rings (SSSR count). The van der Waals surface area contributed by atoms with E-state index in [1.807, 2.05) is 6.20 Å². The number of aromatic nitrogens is 2. The van der Waals surface area contributed by atoms with E-state index in [4.69, 9.17) is 15.5 Å². The molecule has 2 saturated heterocycles. The number of piperazine rings is 1. The second kappa shape index (κ2) is 10.2. The highest BCUT2D eigenvalue weighted by atomic mass is 16.5. The van der Waals surface area contributed by atoms with E-state index in [-0.39, 0.29) is 0 Å². The van der Waals surface area contributed by atoms with Crippen LogP contribution in [0.15, 0.2) is 30.5 Å². The quantitative estimate of drug-likeness (QED) is 0.722. The lowest BCUT2D eigenvalue weighted by molar-refractivity contribution is 0.122. The van der Waals surface area contributed by atoms with Crippen LogP contribution in [0.25, 0.3) is 11.3 Å². The van der Waals surface area contributed by atoms with Crippen molar-refractivity contribution in [2.24, 2.45) is 11.7 Å². The summed E-state index contributed by atoms with van der Waals surface area (Å²) in [5.41, 5.74) is 8.43. The number of morpholine rings is 1. The monoisotopic (exact) mass is 438 g/mol. The van der Waals surface area contributed by atoms with Crippen molar-refractivity contribution >= 4 is 11.6 Å². The normalized spacial score (nSPS) is 25.3. The Labute approximate surface area is 191 Å². The molecule has 32 heavy (non-hydrogen) atoms. The zero-order valence-corrected chi connectivity index (χ0v) is 19.2. The molecule has 2 aliphatic heterocycles. The summed E-state index contributed by atoms with van der Waals surface area (Å²) in [6.07, 6.45) is 8.39. The van der Waals surface area contributed by atoms with E-state index >= 15 is 0 Å². The number of anilines is 2. The first kappa shape index (κ1) is 21.7. The fraction of sp³-hybridized carbons (Fsp3) is 0.640. The van der Waals surface area contributed by atoms with E-state index < -0.39 is 0 Å². The van der Waals surface area contributed by atoms with Gasteiger partial charge in [0.15, 0.2) is 0 Å². The maximum absolute atomic E-state index is 6.07. The van der Waals surface area contributed by atoms with Gasteiger partial charge in [-0.2, -0.15) is 0 Å². The van der Waals surface area contributed by atoms with Gasteiger partial charge in [-0.25, -0.2) is 4.98 Å². The molecule has 3 N–H and O–H groups in total. The molecule has 2 aromatic heterocycles. The number of hydrogen-bond donors (Lipinski definition) is 2. The Morgan fingerprint density at radius 2 is 1.62 bits per heavy atom. The molecule has 7 heteroatoms. The summed E-state index contributed by atoms with van der Waals surface area (Å²) < 4.78 is 5.56. The maximum Gasteiger partial charge on any atom is 0.131 e. The van der Waals surface area contributed by atoms with Gasteiger partial charge in [0, 0.05) is 62.8 Å². The van der Waals surface area contributed by atoms with Crippen LogP contribution in [0.5, 0.6) is 0 Å². The zero-order valence-electron chi connectivity index (χ0n) is 19.2. The van der Waals surface area contributed by atoms with Crippen molar-refractivity contribution in [2.45, 2.75) is 38.1 Å². The Balaban J connectivity index is 1.23. The Morgan fingerprint density at radius 1 is 0.938 bits per heavy atom. The molecule has 0 atom stereocenters. The summed E-state index contributed by atoms with van der Waals surface area (Å²) >= 11 is 0. The van der Waals surface area contributed by atoms with Gasteiger partial charge >= 0.3 is 0 Å². The first-order chi connectivity index (χ1) is 15.7. The van der Waals surface area contributed by atoms with Gasteiger partial charge in [0.2, 0.25) is 0 Å². The topological polar surface area (TPSA) is 73.7 Å². The standard InChI is InChI=1S/C25H38N6O/c26-22-5-3-20(4-6-22)7-9-29-10-12-30(13-11-29)24-18-21(23-2-1-8-27-23)19-25(28-24)31-14-16-32-17-15-31/h1-2,8,18-20,22,27H,3-7,9-17,26H2/t20-,22-. The molecule has 3 aliphatic rings. The highest BCUT2D eigenvalue weighted by Gasteiger charge is 2.23.